The van der Waals surface area contributed by atoms with E-state index in [1.54, 1.807) is 13.0 Å². The van der Waals surface area contributed by atoms with Crippen LogP contribution in [0.5, 0.6) is 0 Å². The first kappa shape index (κ1) is 16.6. The van der Waals surface area contributed by atoms with Gasteiger partial charge in [-0.05, 0) is 31.7 Å². The van der Waals surface area contributed by atoms with E-state index in [9.17, 15) is 15.2 Å². The van der Waals surface area contributed by atoms with Crippen molar-refractivity contribution in [2.24, 2.45) is 5.92 Å². The van der Waals surface area contributed by atoms with Crippen LogP contribution in [0.2, 0.25) is 0 Å². The zero-order chi connectivity index (χ0) is 15.3. The molecule has 0 radical (unpaired) electrons. The number of benzene rings is 1. The van der Waals surface area contributed by atoms with Crippen LogP contribution in [0.1, 0.15) is 44.4 Å². The van der Waals surface area contributed by atoms with E-state index in [0.29, 0.717) is 18.0 Å². The molecule has 0 aromatic heterocycles. The fraction of sp³-hybridized carbons (Fsp3) is 0.600. The molecule has 5 heteroatoms. The van der Waals surface area contributed by atoms with Gasteiger partial charge in [-0.1, -0.05) is 26.0 Å². The fourth-order valence-corrected chi connectivity index (χ4v) is 2.36. The van der Waals surface area contributed by atoms with Gasteiger partial charge in [-0.2, -0.15) is 0 Å². The minimum absolute atomic E-state index is 0.0308. The second kappa shape index (κ2) is 7.36. The smallest absolute Gasteiger partial charge is 0.272 e. The molecule has 20 heavy (non-hydrogen) atoms. The molecule has 0 aliphatic heterocycles. The second-order valence-electron chi connectivity index (χ2n) is 5.66. The van der Waals surface area contributed by atoms with E-state index in [4.69, 9.17) is 0 Å². The Morgan fingerprint density at radius 3 is 2.55 bits per heavy atom. The lowest BCUT2D eigenvalue weighted by Gasteiger charge is -2.20. The van der Waals surface area contributed by atoms with Crippen molar-refractivity contribution in [3.63, 3.8) is 0 Å². The number of nitrogens with zero attached hydrogens (tertiary/aromatic N) is 1. The van der Waals surface area contributed by atoms with E-state index < -0.39 is 6.10 Å². The summed E-state index contributed by atoms with van der Waals surface area (Å²) in [4.78, 5) is 10.6. The van der Waals surface area contributed by atoms with Gasteiger partial charge < -0.3 is 10.4 Å². The Labute approximate surface area is 120 Å². The third kappa shape index (κ3) is 4.58. The van der Waals surface area contributed by atoms with E-state index in [-0.39, 0.29) is 16.7 Å². The second-order valence-corrected chi connectivity index (χ2v) is 5.66. The Bertz CT molecular complexity index is 460. The van der Waals surface area contributed by atoms with E-state index in [0.717, 1.165) is 12.0 Å². The fourth-order valence-electron chi connectivity index (χ4n) is 2.36. The van der Waals surface area contributed by atoms with E-state index >= 15 is 0 Å². The molecule has 2 N–H and O–H groups in total. The van der Waals surface area contributed by atoms with Crippen molar-refractivity contribution in [3.8, 4) is 0 Å². The summed E-state index contributed by atoms with van der Waals surface area (Å²) >= 11 is 0. The average molecular weight is 280 g/mol. The van der Waals surface area contributed by atoms with Crippen molar-refractivity contribution in [1.82, 2.24) is 5.32 Å². The number of hydrogen-bond acceptors (Lipinski definition) is 4. The molecular formula is C15H24N2O3. The summed E-state index contributed by atoms with van der Waals surface area (Å²) in [5.41, 5.74) is 1.71. The quantitative estimate of drug-likeness (QED) is 0.594. The topological polar surface area (TPSA) is 75.4 Å². The van der Waals surface area contributed by atoms with Crippen molar-refractivity contribution in [2.75, 3.05) is 6.54 Å². The lowest BCUT2D eigenvalue weighted by molar-refractivity contribution is -0.385. The molecule has 112 valence electrons. The number of nitro benzene ring substituents is 1. The molecule has 0 fully saturated rings. The highest BCUT2D eigenvalue weighted by Gasteiger charge is 2.17. The molecule has 0 bridgehead atoms. The van der Waals surface area contributed by atoms with Gasteiger partial charge in [0, 0.05) is 24.2 Å². The Hall–Kier alpha value is -1.46. The number of aliphatic hydroxyl groups excluding tert-OH is 1. The van der Waals surface area contributed by atoms with Crippen LogP contribution in [0.3, 0.4) is 0 Å². The summed E-state index contributed by atoms with van der Waals surface area (Å²) in [5.74, 6) is 0.446. The van der Waals surface area contributed by atoms with Crippen molar-refractivity contribution in [2.45, 2.75) is 46.3 Å². The lowest BCUT2D eigenvalue weighted by Crippen LogP contribution is -2.30. The molecule has 0 saturated heterocycles. The van der Waals surface area contributed by atoms with Crippen molar-refractivity contribution >= 4 is 5.69 Å². The molecule has 0 aliphatic carbocycles. The van der Waals surface area contributed by atoms with Crippen molar-refractivity contribution in [3.05, 3.63) is 39.4 Å². The molecule has 0 saturated carbocycles. The molecule has 0 aliphatic rings. The van der Waals surface area contributed by atoms with Gasteiger partial charge in [0.25, 0.3) is 5.69 Å². The van der Waals surface area contributed by atoms with Crippen LogP contribution in [0.4, 0.5) is 5.69 Å². The maximum absolute atomic E-state index is 10.9. The Morgan fingerprint density at radius 1 is 1.35 bits per heavy atom. The minimum atomic E-state index is -0.392. The first-order valence-electron chi connectivity index (χ1n) is 6.98. The van der Waals surface area contributed by atoms with Gasteiger partial charge in [0.1, 0.15) is 0 Å². The van der Waals surface area contributed by atoms with Crippen molar-refractivity contribution < 1.29 is 10.0 Å². The molecular weight excluding hydrogens is 256 g/mol. The molecule has 5 nitrogen and oxygen atoms in total. The maximum atomic E-state index is 10.9. The highest BCUT2D eigenvalue weighted by Crippen LogP contribution is 2.25. The van der Waals surface area contributed by atoms with Gasteiger partial charge in [0.15, 0.2) is 0 Å². The first-order valence-corrected chi connectivity index (χ1v) is 6.98. The molecule has 0 spiro atoms. The molecule has 2 unspecified atom stereocenters. The highest BCUT2D eigenvalue weighted by atomic mass is 16.6. The molecule has 0 amide bonds. The van der Waals surface area contributed by atoms with Crippen LogP contribution >= 0.6 is 0 Å². The Kier molecular flexibility index (Phi) is 6.10. The van der Waals surface area contributed by atoms with Gasteiger partial charge in [-0.25, -0.2) is 0 Å². The minimum Gasteiger partial charge on any atom is -0.392 e. The third-order valence-corrected chi connectivity index (χ3v) is 3.41. The van der Waals surface area contributed by atoms with E-state index in [1.807, 2.05) is 13.0 Å². The van der Waals surface area contributed by atoms with Crippen molar-refractivity contribution in [1.29, 1.82) is 0 Å². The lowest BCUT2D eigenvalue weighted by atomic mass is 10.00. The van der Waals surface area contributed by atoms with Crippen LogP contribution in [0.15, 0.2) is 18.2 Å². The molecule has 1 rings (SSSR count). The monoisotopic (exact) mass is 280 g/mol. The number of hydrogen-bond donors (Lipinski definition) is 2. The zero-order valence-corrected chi connectivity index (χ0v) is 12.6. The van der Waals surface area contributed by atoms with Crippen LogP contribution < -0.4 is 5.32 Å². The standard InChI is InChI=1S/C15H24N2O3/c1-10(2)8-13(18)9-16-12(4)14-6-5-7-15(11(14)3)17(19)20/h5-7,10,12-13,16,18H,8-9H2,1-4H3. The van der Waals surface area contributed by atoms with Crippen LogP contribution in [0, 0.1) is 23.0 Å². The largest absolute Gasteiger partial charge is 0.392 e. The number of aliphatic hydroxyl groups is 1. The molecule has 2 atom stereocenters. The van der Waals surface area contributed by atoms with E-state index in [2.05, 4.69) is 19.2 Å². The van der Waals surface area contributed by atoms with Gasteiger partial charge >= 0.3 is 0 Å². The average Bonchev–Trinajstić information content (AvgIpc) is 2.35. The predicted octanol–water partition coefficient (Wildman–Crippen LogP) is 2.96. The van der Waals surface area contributed by atoms with E-state index in [1.165, 1.54) is 6.07 Å². The maximum Gasteiger partial charge on any atom is 0.272 e. The first-order chi connectivity index (χ1) is 9.32. The SMILES string of the molecule is Cc1c(C(C)NCC(O)CC(C)C)cccc1[N+](=O)[O-]. The summed E-state index contributed by atoms with van der Waals surface area (Å²) in [6.45, 7) is 8.33. The Morgan fingerprint density at radius 2 is 2.00 bits per heavy atom. The molecule has 1 aromatic rings. The summed E-state index contributed by atoms with van der Waals surface area (Å²) in [6, 6.07) is 5.06. The number of rotatable bonds is 7. The summed E-state index contributed by atoms with van der Waals surface area (Å²) in [6.07, 6.45) is 0.352. The summed E-state index contributed by atoms with van der Waals surface area (Å²) < 4.78 is 0. The third-order valence-electron chi connectivity index (χ3n) is 3.41. The zero-order valence-electron chi connectivity index (χ0n) is 12.6. The summed E-state index contributed by atoms with van der Waals surface area (Å²) in [7, 11) is 0. The highest BCUT2D eigenvalue weighted by molar-refractivity contribution is 5.45. The number of nitro groups is 1. The van der Waals surface area contributed by atoms with Gasteiger partial charge in [-0.3, -0.25) is 10.1 Å². The summed E-state index contributed by atoms with van der Waals surface area (Å²) in [5, 5.41) is 24.0. The number of nitrogens with one attached hydrogen (secondary N) is 1. The van der Waals surface area contributed by atoms with Gasteiger partial charge in [-0.15, -0.1) is 0 Å². The van der Waals surface area contributed by atoms with Crippen LogP contribution in [-0.4, -0.2) is 22.7 Å². The molecule has 0 heterocycles. The predicted molar refractivity (Wildman–Crippen MR) is 79.7 cm³/mol. The normalized spacial score (nSPS) is 14.3. The molecule has 1 aromatic carbocycles. The Balaban J connectivity index is 2.71. The van der Waals surface area contributed by atoms with Crippen LogP contribution in [-0.2, 0) is 0 Å². The van der Waals surface area contributed by atoms with Gasteiger partial charge in [0.05, 0.1) is 11.0 Å². The van der Waals surface area contributed by atoms with Gasteiger partial charge in [0.2, 0.25) is 0 Å². The van der Waals surface area contributed by atoms with Crippen LogP contribution in [0.25, 0.3) is 0 Å².